The lowest BCUT2D eigenvalue weighted by molar-refractivity contribution is 0.0206. The second kappa shape index (κ2) is 12.9. The first-order valence-corrected chi connectivity index (χ1v) is 18.8. The van der Waals surface area contributed by atoms with Gasteiger partial charge in [-0.15, -0.1) is 11.3 Å². The molecule has 0 bridgehead atoms. The summed E-state index contributed by atoms with van der Waals surface area (Å²) >= 11 is 1.28. The van der Waals surface area contributed by atoms with Gasteiger partial charge in [-0.2, -0.15) is 0 Å². The van der Waals surface area contributed by atoms with E-state index in [4.69, 9.17) is 19.2 Å². The number of fused-ring (bicyclic) bond motifs is 1. The van der Waals surface area contributed by atoms with Crippen LogP contribution in [-0.2, 0) is 20.9 Å². The van der Waals surface area contributed by atoms with Crippen LogP contribution >= 0.6 is 11.3 Å². The van der Waals surface area contributed by atoms with Crippen LogP contribution in [0.25, 0.3) is 21.6 Å². The molecule has 12 heteroatoms. The summed E-state index contributed by atoms with van der Waals surface area (Å²) in [6.07, 6.45) is 6.79. The molecule has 1 aliphatic rings. The largest absolute Gasteiger partial charge is 0.462 e. The molecule has 0 spiro atoms. The van der Waals surface area contributed by atoms with Crippen LogP contribution in [0.15, 0.2) is 24.7 Å². The van der Waals surface area contributed by atoms with Gasteiger partial charge in [-0.1, -0.05) is 19.6 Å². The van der Waals surface area contributed by atoms with Crippen molar-refractivity contribution in [3.05, 3.63) is 29.5 Å². The fourth-order valence-corrected chi connectivity index (χ4v) is 6.17. The van der Waals surface area contributed by atoms with E-state index in [0.717, 1.165) is 47.8 Å². The van der Waals surface area contributed by atoms with Gasteiger partial charge in [0.2, 0.25) is 0 Å². The van der Waals surface area contributed by atoms with Crippen molar-refractivity contribution >= 4 is 48.2 Å². The number of nitrogens with one attached hydrogen (secondary N) is 1. The first kappa shape index (κ1) is 31.0. The summed E-state index contributed by atoms with van der Waals surface area (Å²) in [5, 5.41) is 5.31. The third-order valence-electron chi connectivity index (χ3n) is 6.65. The van der Waals surface area contributed by atoms with Crippen LogP contribution in [0, 0.1) is 0 Å². The number of piperidine rings is 1. The van der Waals surface area contributed by atoms with Gasteiger partial charge in [-0.25, -0.2) is 19.6 Å². The van der Waals surface area contributed by atoms with Crippen molar-refractivity contribution in [2.75, 3.05) is 31.6 Å². The lowest BCUT2D eigenvalue weighted by Crippen LogP contribution is -2.47. The Morgan fingerprint density at radius 3 is 2.68 bits per heavy atom. The third-order valence-corrected chi connectivity index (χ3v) is 9.36. The first-order valence-electron chi connectivity index (χ1n) is 14.3. The predicted octanol–water partition coefficient (Wildman–Crippen LogP) is 6.46. The molecular weight excluding hydrogens is 559 g/mol. The SMILES string of the molecule is CCOC(=O)c1cnc(-c2cnc3c(ccn3COCC[Si](C)(C)C)c2N[C@@H]2CCCN(C(=O)OC(C)(C)C)C2)s1. The van der Waals surface area contributed by atoms with Crippen molar-refractivity contribution < 1.29 is 23.8 Å². The quantitative estimate of drug-likeness (QED) is 0.160. The molecule has 0 unspecified atom stereocenters. The lowest BCUT2D eigenvalue weighted by Gasteiger charge is -2.35. The normalized spacial score (nSPS) is 16.2. The molecule has 4 rings (SSSR count). The zero-order valence-electron chi connectivity index (χ0n) is 25.3. The van der Waals surface area contributed by atoms with E-state index in [9.17, 15) is 9.59 Å². The number of aromatic nitrogens is 3. The van der Waals surface area contributed by atoms with E-state index < -0.39 is 13.7 Å². The van der Waals surface area contributed by atoms with Gasteiger partial charge in [-0.05, 0) is 52.6 Å². The number of ether oxygens (including phenoxy) is 3. The van der Waals surface area contributed by atoms with Gasteiger partial charge in [-0.3, -0.25) is 0 Å². The zero-order valence-corrected chi connectivity index (χ0v) is 27.1. The summed E-state index contributed by atoms with van der Waals surface area (Å²) in [5.41, 5.74) is 1.91. The lowest BCUT2D eigenvalue weighted by atomic mass is 10.0. The summed E-state index contributed by atoms with van der Waals surface area (Å²) in [7, 11) is -1.19. The molecule has 3 aromatic heterocycles. The van der Waals surface area contributed by atoms with Gasteiger partial charge < -0.3 is 29.0 Å². The Bertz CT molecular complexity index is 1360. The molecule has 10 nitrogen and oxygen atoms in total. The number of thiazole rings is 1. The smallest absolute Gasteiger partial charge is 0.410 e. The number of esters is 1. The monoisotopic (exact) mass is 601 g/mol. The molecule has 1 amide bonds. The summed E-state index contributed by atoms with van der Waals surface area (Å²) in [6, 6.07) is 3.13. The molecule has 0 aromatic carbocycles. The molecule has 1 aliphatic heterocycles. The topological polar surface area (TPSA) is 108 Å². The van der Waals surface area contributed by atoms with Gasteiger partial charge in [0.05, 0.1) is 24.1 Å². The van der Waals surface area contributed by atoms with Gasteiger partial charge in [0.25, 0.3) is 0 Å². The highest BCUT2D eigenvalue weighted by atomic mass is 32.1. The molecule has 1 atom stereocenters. The van der Waals surface area contributed by atoms with E-state index >= 15 is 0 Å². The number of carbonyl (C=O) groups is 2. The summed E-state index contributed by atoms with van der Waals surface area (Å²) in [4.78, 5) is 36.7. The van der Waals surface area contributed by atoms with Crippen LogP contribution in [0.4, 0.5) is 10.5 Å². The molecule has 0 radical (unpaired) electrons. The van der Waals surface area contributed by atoms with Crippen LogP contribution in [0.5, 0.6) is 0 Å². The molecule has 0 saturated carbocycles. The predicted molar refractivity (Wildman–Crippen MR) is 165 cm³/mol. The van der Waals surface area contributed by atoms with Crippen molar-refractivity contribution in [2.45, 2.75) is 84.6 Å². The maximum Gasteiger partial charge on any atom is 0.410 e. The highest BCUT2D eigenvalue weighted by Gasteiger charge is 2.29. The average Bonchev–Trinajstić information content (AvgIpc) is 3.54. The summed E-state index contributed by atoms with van der Waals surface area (Å²) < 4.78 is 18.8. The number of nitrogens with zero attached hydrogens (tertiary/aromatic N) is 4. The van der Waals surface area contributed by atoms with Crippen LogP contribution in [0.3, 0.4) is 0 Å². The molecular formula is C29H43N5O5SSi. The first-order chi connectivity index (χ1) is 19.3. The van der Waals surface area contributed by atoms with Crippen molar-refractivity contribution in [1.29, 1.82) is 0 Å². The number of likely N-dealkylation sites (tertiary alicyclic amines) is 1. The Morgan fingerprint density at radius 2 is 1.98 bits per heavy atom. The molecule has 41 heavy (non-hydrogen) atoms. The Balaban J connectivity index is 1.63. The number of anilines is 1. The van der Waals surface area contributed by atoms with E-state index in [1.165, 1.54) is 11.3 Å². The van der Waals surface area contributed by atoms with Gasteiger partial charge in [0, 0.05) is 51.6 Å². The zero-order chi connectivity index (χ0) is 29.8. The maximum absolute atomic E-state index is 12.8. The second-order valence-corrected chi connectivity index (χ2v) is 19.2. The standard InChI is InChI=1S/C29H43N5O5SSi/c1-8-38-27(35)23-17-31-26(40-23)22-16-30-25-21(11-13-34(25)19-37-14-15-41(5,6)7)24(22)32-20-10-9-12-33(18-20)28(36)39-29(2,3)4/h11,13,16-17,20H,8-10,12,14-15,18-19H2,1-7H3,(H,30,32)/t20-/m1/s1. The number of hydrogen-bond donors (Lipinski definition) is 1. The number of amides is 1. The Labute approximate surface area is 247 Å². The molecule has 0 aliphatic carbocycles. The average molecular weight is 602 g/mol. The van der Waals surface area contributed by atoms with E-state index in [0.29, 0.717) is 36.3 Å². The molecule has 1 fully saturated rings. The van der Waals surface area contributed by atoms with Crippen molar-refractivity contribution in [3.8, 4) is 10.6 Å². The highest BCUT2D eigenvalue weighted by molar-refractivity contribution is 7.16. The van der Waals surface area contributed by atoms with Crippen molar-refractivity contribution in [2.24, 2.45) is 0 Å². The van der Waals surface area contributed by atoms with E-state index in [1.54, 1.807) is 24.2 Å². The molecule has 4 heterocycles. The molecule has 3 aromatic rings. The van der Waals surface area contributed by atoms with Crippen LogP contribution in [0.1, 0.15) is 50.2 Å². The summed E-state index contributed by atoms with van der Waals surface area (Å²) in [5.74, 6) is -0.387. The van der Waals surface area contributed by atoms with E-state index in [2.05, 4.69) is 29.9 Å². The van der Waals surface area contributed by atoms with Crippen LogP contribution in [-0.4, -0.2) is 77.5 Å². The summed E-state index contributed by atoms with van der Waals surface area (Å²) in [6.45, 7) is 17.0. The van der Waals surface area contributed by atoms with Crippen LogP contribution < -0.4 is 5.32 Å². The van der Waals surface area contributed by atoms with Crippen molar-refractivity contribution in [1.82, 2.24) is 19.4 Å². The third kappa shape index (κ3) is 8.29. The highest BCUT2D eigenvalue weighted by Crippen LogP contribution is 2.37. The number of hydrogen-bond acceptors (Lipinski definition) is 9. The van der Waals surface area contributed by atoms with Gasteiger partial charge in [0.15, 0.2) is 0 Å². The molecule has 1 N–H and O–H groups in total. The fourth-order valence-electron chi connectivity index (χ4n) is 4.59. The second-order valence-electron chi connectivity index (χ2n) is 12.6. The van der Waals surface area contributed by atoms with Gasteiger partial charge in [0.1, 0.15) is 27.9 Å². The number of pyridine rings is 1. The fraction of sp³-hybridized carbons (Fsp3) is 0.586. The number of carbonyl (C=O) groups excluding carboxylic acids is 2. The van der Waals surface area contributed by atoms with Crippen LogP contribution in [0.2, 0.25) is 25.7 Å². The van der Waals surface area contributed by atoms with Gasteiger partial charge >= 0.3 is 12.1 Å². The minimum atomic E-state index is -1.19. The Kier molecular flexibility index (Phi) is 9.76. The molecule has 224 valence electrons. The minimum Gasteiger partial charge on any atom is -0.462 e. The number of rotatable bonds is 10. The van der Waals surface area contributed by atoms with E-state index in [-0.39, 0.29) is 18.1 Å². The Hall–Kier alpha value is -2.96. The van der Waals surface area contributed by atoms with Crippen molar-refractivity contribution in [3.63, 3.8) is 0 Å². The minimum absolute atomic E-state index is 0.00134. The van der Waals surface area contributed by atoms with E-state index in [1.807, 2.05) is 37.6 Å². The maximum atomic E-state index is 12.8. The Morgan fingerprint density at radius 1 is 1.20 bits per heavy atom. The molecule has 1 saturated heterocycles.